The van der Waals surface area contributed by atoms with Crippen LogP contribution in [0.3, 0.4) is 0 Å². The Kier molecular flexibility index (Phi) is 6.44. The van der Waals surface area contributed by atoms with Gasteiger partial charge >= 0.3 is 0 Å². The zero-order chi connectivity index (χ0) is 21.8. The number of pyridine rings is 1. The highest BCUT2D eigenvalue weighted by molar-refractivity contribution is 5.89. The summed E-state index contributed by atoms with van der Waals surface area (Å²) in [5.41, 5.74) is 5.01. The van der Waals surface area contributed by atoms with Gasteiger partial charge in [0, 0.05) is 24.5 Å². The van der Waals surface area contributed by atoms with E-state index in [1.807, 2.05) is 0 Å². The average molecular weight is 432 g/mol. The molecule has 2 aromatic carbocycles. The van der Waals surface area contributed by atoms with E-state index in [4.69, 9.17) is 14.5 Å². The minimum Gasteiger partial charge on any atom is -0.493 e. The van der Waals surface area contributed by atoms with Crippen molar-refractivity contribution in [2.45, 2.75) is 45.1 Å². The highest BCUT2D eigenvalue weighted by Crippen LogP contribution is 2.39. The van der Waals surface area contributed by atoms with Crippen LogP contribution in [0.4, 0.5) is 5.82 Å². The number of rotatable bonds is 9. The summed E-state index contributed by atoms with van der Waals surface area (Å²) in [7, 11) is 1.72. The molecule has 0 atom stereocenters. The average Bonchev–Trinajstić information content (AvgIpc) is 3.53. The second-order valence-electron chi connectivity index (χ2n) is 8.88. The highest BCUT2D eigenvalue weighted by atomic mass is 16.5. The van der Waals surface area contributed by atoms with Gasteiger partial charge in [-0.1, -0.05) is 30.3 Å². The standard InChI is InChI=1S/C27H33N3O2/c1-31-25-17-23-21-11-7-12-22(21)27(28-19-20-9-3-2-4-10-20)29-24(23)18-26(25)32-16-8-15-30-13-5-6-14-30/h2-4,9-10,17-18H,5-8,11-16,19H2,1H3,(H,28,29). The van der Waals surface area contributed by atoms with E-state index < -0.39 is 0 Å². The zero-order valence-electron chi connectivity index (χ0n) is 19.0. The number of ether oxygens (including phenoxy) is 2. The first-order valence-electron chi connectivity index (χ1n) is 12.0. The van der Waals surface area contributed by atoms with Crippen LogP contribution in [0.5, 0.6) is 11.5 Å². The Bertz CT molecular complexity index is 1060. The van der Waals surface area contributed by atoms with Crippen molar-refractivity contribution < 1.29 is 9.47 Å². The number of likely N-dealkylation sites (tertiary alicyclic amines) is 1. The highest BCUT2D eigenvalue weighted by Gasteiger charge is 2.22. The molecule has 0 unspecified atom stereocenters. The van der Waals surface area contributed by atoms with E-state index >= 15 is 0 Å². The molecule has 1 aliphatic carbocycles. The number of fused-ring (bicyclic) bond motifs is 3. The Labute approximate surface area is 190 Å². The van der Waals surface area contributed by atoms with Crippen LogP contribution in [0.1, 0.15) is 42.4 Å². The number of hydrogen-bond acceptors (Lipinski definition) is 5. The van der Waals surface area contributed by atoms with Crippen molar-refractivity contribution in [1.29, 1.82) is 0 Å². The van der Waals surface area contributed by atoms with Crippen LogP contribution in [0.15, 0.2) is 42.5 Å². The SMILES string of the molecule is COc1cc2c3c(c(NCc4ccccc4)nc2cc1OCCCN1CCCC1)CCC3. The summed E-state index contributed by atoms with van der Waals surface area (Å²) in [4.78, 5) is 7.56. The summed E-state index contributed by atoms with van der Waals surface area (Å²) in [6, 6.07) is 14.7. The molecule has 0 radical (unpaired) electrons. The fourth-order valence-electron chi connectivity index (χ4n) is 5.05. The molecule has 1 saturated heterocycles. The molecule has 1 N–H and O–H groups in total. The van der Waals surface area contributed by atoms with Gasteiger partial charge in [-0.3, -0.25) is 0 Å². The molecule has 5 heteroatoms. The van der Waals surface area contributed by atoms with Crippen LogP contribution in [0.2, 0.25) is 0 Å². The van der Waals surface area contributed by atoms with Crippen LogP contribution in [0, 0.1) is 0 Å². The molecular weight excluding hydrogens is 398 g/mol. The van der Waals surface area contributed by atoms with Crippen molar-refractivity contribution in [1.82, 2.24) is 9.88 Å². The van der Waals surface area contributed by atoms with E-state index in [0.29, 0.717) is 6.61 Å². The lowest BCUT2D eigenvalue weighted by Crippen LogP contribution is -2.21. The lowest BCUT2D eigenvalue weighted by molar-refractivity contribution is 0.254. The summed E-state index contributed by atoms with van der Waals surface area (Å²) >= 11 is 0. The minimum absolute atomic E-state index is 0.697. The third-order valence-corrected chi connectivity index (χ3v) is 6.72. The first kappa shape index (κ1) is 21.1. The van der Waals surface area contributed by atoms with Gasteiger partial charge in [-0.05, 0) is 74.4 Å². The lowest BCUT2D eigenvalue weighted by atomic mass is 10.0. The van der Waals surface area contributed by atoms with Gasteiger partial charge in [0.15, 0.2) is 11.5 Å². The molecule has 32 heavy (non-hydrogen) atoms. The number of nitrogens with zero attached hydrogens (tertiary/aromatic N) is 2. The molecule has 2 aliphatic rings. The second-order valence-corrected chi connectivity index (χ2v) is 8.88. The molecule has 1 fully saturated rings. The molecule has 0 bridgehead atoms. The predicted molar refractivity (Wildman–Crippen MR) is 130 cm³/mol. The number of benzene rings is 2. The van der Waals surface area contributed by atoms with Crippen LogP contribution in [-0.2, 0) is 19.4 Å². The van der Waals surface area contributed by atoms with Crippen LogP contribution in [0.25, 0.3) is 10.9 Å². The maximum absolute atomic E-state index is 6.17. The van der Waals surface area contributed by atoms with E-state index in [-0.39, 0.29) is 0 Å². The smallest absolute Gasteiger partial charge is 0.163 e. The Morgan fingerprint density at radius 3 is 2.59 bits per heavy atom. The van der Waals surface area contributed by atoms with Gasteiger partial charge in [-0.25, -0.2) is 4.98 Å². The van der Waals surface area contributed by atoms with Gasteiger partial charge in [0.05, 0.1) is 19.2 Å². The number of methoxy groups -OCH3 is 1. The third-order valence-electron chi connectivity index (χ3n) is 6.72. The van der Waals surface area contributed by atoms with E-state index in [9.17, 15) is 0 Å². The Morgan fingerprint density at radius 2 is 1.78 bits per heavy atom. The molecule has 0 saturated carbocycles. The van der Waals surface area contributed by atoms with Gasteiger partial charge < -0.3 is 19.7 Å². The Morgan fingerprint density at radius 1 is 0.969 bits per heavy atom. The Balaban J connectivity index is 1.37. The first-order chi connectivity index (χ1) is 15.8. The second kappa shape index (κ2) is 9.78. The number of aromatic nitrogens is 1. The van der Waals surface area contributed by atoms with Crippen molar-refractivity contribution in [3.05, 3.63) is 59.2 Å². The number of nitrogens with one attached hydrogen (secondary N) is 1. The lowest BCUT2D eigenvalue weighted by Gasteiger charge is -2.17. The van der Waals surface area contributed by atoms with Gasteiger partial charge in [0.1, 0.15) is 5.82 Å². The maximum Gasteiger partial charge on any atom is 0.163 e. The summed E-state index contributed by atoms with van der Waals surface area (Å²) in [6.07, 6.45) is 7.03. The molecule has 0 spiro atoms. The third kappa shape index (κ3) is 4.53. The van der Waals surface area contributed by atoms with Crippen molar-refractivity contribution in [2.75, 3.05) is 38.7 Å². The molecule has 5 rings (SSSR count). The van der Waals surface area contributed by atoms with Gasteiger partial charge in [-0.2, -0.15) is 0 Å². The molecule has 168 valence electrons. The van der Waals surface area contributed by atoms with E-state index in [0.717, 1.165) is 55.2 Å². The van der Waals surface area contributed by atoms with Crippen molar-refractivity contribution in [3.8, 4) is 11.5 Å². The van der Waals surface area contributed by atoms with Gasteiger partial charge in [-0.15, -0.1) is 0 Å². The van der Waals surface area contributed by atoms with Gasteiger partial charge in [0.25, 0.3) is 0 Å². The number of aryl methyl sites for hydroxylation is 1. The minimum atomic E-state index is 0.697. The number of anilines is 1. The molecule has 3 aromatic rings. The largest absolute Gasteiger partial charge is 0.493 e. The maximum atomic E-state index is 6.17. The monoisotopic (exact) mass is 431 g/mol. The summed E-state index contributed by atoms with van der Waals surface area (Å²) in [5, 5.41) is 4.79. The summed E-state index contributed by atoms with van der Waals surface area (Å²) in [5.74, 6) is 2.61. The van der Waals surface area contributed by atoms with E-state index in [2.05, 4.69) is 52.7 Å². The summed E-state index contributed by atoms with van der Waals surface area (Å²) < 4.78 is 11.9. The molecule has 5 nitrogen and oxygen atoms in total. The van der Waals surface area contributed by atoms with Crippen LogP contribution < -0.4 is 14.8 Å². The first-order valence-corrected chi connectivity index (χ1v) is 12.0. The van der Waals surface area contributed by atoms with Crippen molar-refractivity contribution in [2.24, 2.45) is 0 Å². The fourth-order valence-corrected chi connectivity index (χ4v) is 5.05. The molecule has 0 amide bonds. The fraction of sp³-hybridized carbons (Fsp3) is 0.444. The van der Waals surface area contributed by atoms with E-state index in [1.165, 1.54) is 54.4 Å². The quantitative estimate of drug-likeness (QED) is 0.471. The molecule has 2 heterocycles. The number of hydrogen-bond donors (Lipinski definition) is 1. The Hall–Kier alpha value is -2.79. The summed E-state index contributed by atoms with van der Waals surface area (Å²) in [6.45, 7) is 5.04. The molecule has 1 aliphatic heterocycles. The predicted octanol–water partition coefficient (Wildman–Crippen LogP) is 5.21. The van der Waals surface area contributed by atoms with Gasteiger partial charge in [0.2, 0.25) is 0 Å². The zero-order valence-corrected chi connectivity index (χ0v) is 19.0. The van der Waals surface area contributed by atoms with Crippen LogP contribution in [-0.4, -0.2) is 43.2 Å². The molecule has 1 aromatic heterocycles. The topological polar surface area (TPSA) is 46.6 Å². The van der Waals surface area contributed by atoms with E-state index in [1.54, 1.807) is 7.11 Å². The van der Waals surface area contributed by atoms with Crippen molar-refractivity contribution in [3.63, 3.8) is 0 Å². The molecular formula is C27H33N3O2. The van der Waals surface area contributed by atoms with Crippen LogP contribution >= 0.6 is 0 Å². The normalized spacial score (nSPS) is 15.8. The van der Waals surface area contributed by atoms with Crippen molar-refractivity contribution >= 4 is 16.7 Å².